The molecular weight excluding hydrogens is 432 g/mol. The van der Waals surface area contributed by atoms with Crippen molar-refractivity contribution in [1.29, 1.82) is 0 Å². The summed E-state index contributed by atoms with van der Waals surface area (Å²) in [5, 5.41) is 8.75. The van der Waals surface area contributed by atoms with Crippen molar-refractivity contribution in [3.8, 4) is 0 Å². The van der Waals surface area contributed by atoms with Crippen molar-refractivity contribution >= 4 is 29.1 Å². The fourth-order valence-corrected chi connectivity index (χ4v) is 5.01. The standard InChI is InChI=1S/C25H39ClO6/c1-18(13-14-26)16-19(27)11-12-21-20(8-4-2-3-5-9-24(29)30)22(28)17-23(21)32-25-10-6-7-15-31-25/h11-12,18,20-21,23,25H,2-10,13-17H2,1H3,(H,29,30)/t18?,20-,21-,23-,25?/m1/s1. The zero-order chi connectivity index (χ0) is 23.3. The summed E-state index contributed by atoms with van der Waals surface area (Å²) >= 11 is 5.78. The van der Waals surface area contributed by atoms with Gasteiger partial charge in [-0.05, 0) is 50.5 Å². The van der Waals surface area contributed by atoms with E-state index < -0.39 is 5.97 Å². The van der Waals surface area contributed by atoms with E-state index in [4.69, 9.17) is 26.2 Å². The largest absolute Gasteiger partial charge is 0.481 e. The van der Waals surface area contributed by atoms with E-state index in [1.54, 1.807) is 6.08 Å². The minimum absolute atomic E-state index is 0.0575. The van der Waals surface area contributed by atoms with Crippen LogP contribution in [0.2, 0.25) is 0 Å². The second-order valence-electron chi connectivity index (χ2n) is 9.28. The maximum Gasteiger partial charge on any atom is 0.303 e. The highest BCUT2D eigenvalue weighted by Crippen LogP contribution is 2.37. The summed E-state index contributed by atoms with van der Waals surface area (Å²) in [5.41, 5.74) is 0. The second kappa shape index (κ2) is 14.8. The average molecular weight is 471 g/mol. The molecule has 0 aromatic rings. The van der Waals surface area contributed by atoms with Gasteiger partial charge in [-0.1, -0.05) is 32.3 Å². The van der Waals surface area contributed by atoms with Gasteiger partial charge in [-0.15, -0.1) is 11.6 Å². The lowest BCUT2D eigenvalue weighted by Crippen LogP contribution is -2.30. The van der Waals surface area contributed by atoms with Crippen molar-refractivity contribution in [2.45, 2.75) is 96.4 Å². The predicted molar refractivity (Wildman–Crippen MR) is 124 cm³/mol. The fraction of sp³-hybridized carbons (Fsp3) is 0.800. The first-order valence-electron chi connectivity index (χ1n) is 12.2. The van der Waals surface area contributed by atoms with E-state index in [-0.39, 0.29) is 48.1 Å². The van der Waals surface area contributed by atoms with E-state index in [0.29, 0.717) is 31.7 Å². The first-order valence-corrected chi connectivity index (χ1v) is 12.7. The molecule has 1 saturated carbocycles. The van der Waals surface area contributed by atoms with Gasteiger partial charge in [0.05, 0.1) is 6.10 Å². The minimum atomic E-state index is -0.767. The molecule has 0 bridgehead atoms. The average Bonchev–Trinajstić information content (AvgIpc) is 3.03. The molecule has 1 aliphatic heterocycles. The van der Waals surface area contributed by atoms with Crippen LogP contribution in [0.1, 0.15) is 84.0 Å². The highest BCUT2D eigenvalue weighted by molar-refractivity contribution is 6.17. The van der Waals surface area contributed by atoms with E-state index in [0.717, 1.165) is 51.4 Å². The Morgan fingerprint density at radius 3 is 2.72 bits per heavy atom. The van der Waals surface area contributed by atoms with Gasteiger partial charge in [0.25, 0.3) is 0 Å². The third-order valence-corrected chi connectivity index (χ3v) is 6.70. The minimum Gasteiger partial charge on any atom is -0.481 e. The van der Waals surface area contributed by atoms with Gasteiger partial charge >= 0.3 is 5.97 Å². The van der Waals surface area contributed by atoms with Gasteiger partial charge in [-0.2, -0.15) is 0 Å². The van der Waals surface area contributed by atoms with E-state index in [2.05, 4.69) is 0 Å². The number of ketones is 2. The van der Waals surface area contributed by atoms with Crippen LogP contribution >= 0.6 is 11.6 Å². The van der Waals surface area contributed by atoms with Crippen molar-refractivity contribution in [3.05, 3.63) is 12.2 Å². The summed E-state index contributed by atoms with van der Waals surface area (Å²) in [6.07, 6.45) is 11.7. The lowest BCUT2D eigenvalue weighted by molar-refractivity contribution is -0.192. The number of halogens is 1. The lowest BCUT2D eigenvalue weighted by atomic mass is 9.88. The number of hydrogen-bond donors (Lipinski definition) is 1. The Labute approximate surface area is 197 Å². The maximum absolute atomic E-state index is 12.8. The molecule has 0 radical (unpaired) electrons. The Kier molecular flexibility index (Phi) is 12.5. The lowest BCUT2D eigenvalue weighted by Gasteiger charge is -2.28. The topological polar surface area (TPSA) is 89.9 Å². The molecular formula is C25H39ClO6. The highest BCUT2D eigenvalue weighted by atomic mass is 35.5. The van der Waals surface area contributed by atoms with E-state index >= 15 is 0 Å². The number of carboxylic acids is 1. The van der Waals surface area contributed by atoms with Gasteiger partial charge in [0.15, 0.2) is 12.1 Å². The Morgan fingerprint density at radius 2 is 2.03 bits per heavy atom. The summed E-state index contributed by atoms with van der Waals surface area (Å²) in [6.45, 7) is 2.70. The van der Waals surface area contributed by atoms with Gasteiger partial charge in [0.1, 0.15) is 5.78 Å². The third-order valence-electron chi connectivity index (χ3n) is 6.49. The summed E-state index contributed by atoms with van der Waals surface area (Å²) in [5.74, 6) is -0.0285. The number of carboxylic acid groups (broad SMARTS) is 1. The monoisotopic (exact) mass is 470 g/mol. The van der Waals surface area contributed by atoms with Crippen LogP contribution < -0.4 is 0 Å². The molecule has 32 heavy (non-hydrogen) atoms. The molecule has 2 fully saturated rings. The van der Waals surface area contributed by atoms with Gasteiger partial charge in [-0.3, -0.25) is 14.4 Å². The van der Waals surface area contributed by atoms with Crippen LogP contribution in [-0.2, 0) is 23.9 Å². The smallest absolute Gasteiger partial charge is 0.303 e. The number of rotatable bonds is 15. The Balaban J connectivity index is 1.96. The van der Waals surface area contributed by atoms with E-state index in [1.165, 1.54) is 0 Å². The first-order chi connectivity index (χ1) is 15.4. The number of carbonyl (C=O) groups excluding carboxylic acids is 2. The van der Waals surface area contributed by atoms with Crippen LogP contribution in [-0.4, -0.2) is 47.5 Å². The predicted octanol–water partition coefficient (Wildman–Crippen LogP) is 5.31. The number of ether oxygens (including phenoxy) is 2. The third kappa shape index (κ3) is 9.72. The maximum atomic E-state index is 12.8. The Bertz CT molecular complexity index is 628. The van der Waals surface area contributed by atoms with Crippen LogP contribution in [0.15, 0.2) is 12.2 Å². The summed E-state index contributed by atoms with van der Waals surface area (Å²) in [6, 6.07) is 0. The van der Waals surface area contributed by atoms with E-state index in [9.17, 15) is 14.4 Å². The number of Topliss-reactive ketones (excluding diaryl/α,β-unsaturated/α-hetero) is 1. The fourth-order valence-electron chi connectivity index (χ4n) is 4.64. The molecule has 1 saturated heterocycles. The van der Waals surface area contributed by atoms with Crippen LogP contribution in [0.3, 0.4) is 0 Å². The van der Waals surface area contributed by atoms with Crippen molar-refractivity contribution < 1.29 is 29.0 Å². The molecule has 0 amide bonds. The summed E-state index contributed by atoms with van der Waals surface area (Å²) in [4.78, 5) is 35.9. The molecule has 0 spiro atoms. The molecule has 182 valence electrons. The first kappa shape index (κ1) is 27.0. The number of carbonyl (C=O) groups is 3. The summed E-state index contributed by atoms with van der Waals surface area (Å²) < 4.78 is 11.9. The van der Waals surface area contributed by atoms with Crippen molar-refractivity contribution in [2.75, 3.05) is 12.5 Å². The molecule has 1 heterocycles. The van der Waals surface area contributed by atoms with Crippen LogP contribution in [0.4, 0.5) is 0 Å². The molecule has 0 aromatic carbocycles. The molecule has 7 heteroatoms. The number of hydrogen-bond acceptors (Lipinski definition) is 5. The van der Waals surface area contributed by atoms with Gasteiger partial charge in [0, 0.05) is 43.6 Å². The molecule has 1 N–H and O–H groups in total. The number of alkyl halides is 1. The number of unbranched alkanes of at least 4 members (excludes halogenated alkanes) is 3. The van der Waals surface area contributed by atoms with Crippen LogP contribution in [0.5, 0.6) is 0 Å². The molecule has 6 nitrogen and oxygen atoms in total. The molecule has 2 aliphatic rings. The molecule has 5 atom stereocenters. The van der Waals surface area contributed by atoms with Crippen molar-refractivity contribution in [1.82, 2.24) is 0 Å². The molecule has 2 rings (SSSR count). The molecule has 2 unspecified atom stereocenters. The summed E-state index contributed by atoms with van der Waals surface area (Å²) in [7, 11) is 0. The normalized spacial score (nSPS) is 27.1. The van der Waals surface area contributed by atoms with Gasteiger partial charge in [0.2, 0.25) is 0 Å². The quantitative estimate of drug-likeness (QED) is 0.198. The van der Waals surface area contributed by atoms with Crippen molar-refractivity contribution in [2.24, 2.45) is 17.8 Å². The Morgan fingerprint density at radius 1 is 1.25 bits per heavy atom. The number of allylic oxidation sites excluding steroid dienone is 1. The highest BCUT2D eigenvalue weighted by Gasteiger charge is 2.42. The zero-order valence-corrected chi connectivity index (χ0v) is 20.1. The van der Waals surface area contributed by atoms with Crippen LogP contribution in [0, 0.1) is 17.8 Å². The second-order valence-corrected chi connectivity index (χ2v) is 9.66. The van der Waals surface area contributed by atoms with Crippen LogP contribution in [0.25, 0.3) is 0 Å². The SMILES string of the molecule is CC(CCCl)CC(=O)C=C[C@H]1[C@H](OC2CCCCO2)CC(=O)[C@@H]1CCCCCCC(=O)O. The van der Waals surface area contributed by atoms with Gasteiger partial charge in [-0.25, -0.2) is 0 Å². The van der Waals surface area contributed by atoms with Gasteiger partial charge < -0.3 is 14.6 Å². The number of aliphatic carboxylic acids is 1. The van der Waals surface area contributed by atoms with E-state index in [1.807, 2.05) is 13.0 Å². The molecule has 1 aliphatic carbocycles. The van der Waals surface area contributed by atoms with Crippen molar-refractivity contribution in [3.63, 3.8) is 0 Å². The Hall–Kier alpha value is -1.24. The zero-order valence-electron chi connectivity index (χ0n) is 19.3. The molecule has 0 aromatic heterocycles.